The van der Waals surface area contributed by atoms with E-state index in [1.54, 1.807) is 5.38 Å². The molecular weight excluding hydrogens is 358 g/mol. The number of ether oxygens (including phenoxy) is 1. The minimum absolute atomic E-state index is 0.0176. The van der Waals surface area contributed by atoms with Gasteiger partial charge < -0.3 is 20.5 Å². The normalized spacial score (nSPS) is 10.2. The van der Waals surface area contributed by atoms with Crippen LogP contribution in [-0.2, 0) is 16.1 Å². The molecule has 0 atom stereocenters. The summed E-state index contributed by atoms with van der Waals surface area (Å²) in [4.78, 5) is 37.8. The maximum Gasteiger partial charge on any atom is 0.357 e. The number of carbonyl (C=O) groups excluding carboxylic acids is 2. The van der Waals surface area contributed by atoms with Gasteiger partial charge in [0.2, 0.25) is 0 Å². The molecule has 0 aliphatic heterocycles. The number of aromatic nitrogens is 1. The van der Waals surface area contributed by atoms with Crippen molar-refractivity contribution in [3.8, 4) is 10.6 Å². The molecule has 1 aromatic heterocycles. The van der Waals surface area contributed by atoms with Crippen LogP contribution in [0.15, 0.2) is 29.6 Å². The van der Waals surface area contributed by atoms with E-state index in [4.69, 9.17) is 5.11 Å². The summed E-state index contributed by atoms with van der Waals surface area (Å²) in [6.07, 6.45) is 0.397. The number of carboxylic acid groups (broad SMARTS) is 1. The topological polar surface area (TPSA) is 118 Å². The lowest BCUT2D eigenvalue weighted by Gasteiger charge is -2.08. The van der Waals surface area contributed by atoms with E-state index in [1.807, 2.05) is 24.3 Å². The SMILES string of the molecule is COC(=O)c1csc(-c2cccc(CNC(=O)NCCCC(=O)O)c2)n1. The molecule has 1 aromatic carbocycles. The predicted octanol–water partition coefficient (Wildman–Crippen LogP) is 2.26. The summed E-state index contributed by atoms with van der Waals surface area (Å²) in [6.45, 7) is 0.613. The van der Waals surface area contributed by atoms with E-state index >= 15 is 0 Å². The zero-order chi connectivity index (χ0) is 18.9. The highest BCUT2D eigenvalue weighted by atomic mass is 32.1. The van der Waals surface area contributed by atoms with Crippen molar-refractivity contribution in [2.24, 2.45) is 0 Å². The molecule has 2 amide bonds. The first-order valence-electron chi connectivity index (χ1n) is 7.86. The molecule has 9 heteroatoms. The molecule has 0 spiro atoms. The van der Waals surface area contributed by atoms with Gasteiger partial charge in [-0.3, -0.25) is 4.79 Å². The Morgan fingerprint density at radius 2 is 2.08 bits per heavy atom. The van der Waals surface area contributed by atoms with Crippen LogP contribution in [0, 0.1) is 0 Å². The van der Waals surface area contributed by atoms with Crippen molar-refractivity contribution in [2.75, 3.05) is 13.7 Å². The second kappa shape index (κ2) is 9.52. The fraction of sp³-hybridized carbons (Fsp3) is 0.294. The maximum atomic E-state index is 11.7. The number of hydrogen-bond acceptors (Lipinski definition) is 6. The molecule has 0 saturated heterocycles. The number of hydrogen-bond donors (Lipinski definition) is 3. The van der Waals surface area contributed by atoms with Gasteiger partial charge in [-0.25, -0.2) is 14.6 Å². The summed E-state index contributed by atoms with van der Waals surface area (Å²) in [6, 6.07) is 7.10. The molecule has 1 heterocycles. The highest BCUT2D eigenvalue weighted by Crippen LogP contribution is 2.24. The van der Waals surface area contributed by atoms with Gasteiger partial charge >= 0.3 is 18.0 Å². The molecule has 26 heavy (non-hydrogen) atoms. The number of thiazole rings is 1. The first-order chi connectivity index (χ1) is 12.5. The fourth-order valence-corrected chi connectivity index (χ4v) is 2.89. The molecule has 0 radical (unpaired) electrons. The Bertz CT molecular complexity index is 790. The van der Waals surface area contributed by atoms with Crippen molar-refractivity contribution < 1.29 is 24.2 Å². The van der Waals surface area contributed by atoms with Crippen LogP contribution in [-0.4, -0.2) is 41.7 Å². The van der Waals surface area contributed by atoms with Gasteiger partial charge in [-0.15, -0.1) is 11.3 Å². The Morgan fingerprint density at radius 3 is 2.81 bits per heavy atom. The second-order valence-corrected chi connectivity index (χ2v) is 6.19. The van der Waals surface area contributed by atoms with Crippen LogP contribution in [0.5, 0.6) is 0 Å². The number of esters is 1. The van der Waals surface area contributed by atoms with E-state index in [-0.39, 0.29) is 18.1 Å². The van der Waals surface area contributed by atoms with Crippen LogP contribution in [0.2, 0.25) is 0 Å². The standard InChI is InChI=1S/C17H19N3O5S/c1-25-16(23)13-10-26-15(20-13)12-5-2-4-11(8-12)9-19-17(24)18-7-3-6-14(21)22/h2,4-5,8,10H,3,6-7,9H2,1H3,(H,21,22)(H2,18,19,24). The minimum atomic E-state index is -0.887. The second-order valence-electron chi connectivity index (χ2n) is 5.34. The zero-order valence-corrected chi connectivity index (χ0v) is 15.0. The van der Waals surface area contributed by atoms with Gasteiger partial charge in [-0.1, -0.05) is 18.2 Å². The number of nitrogens with one attached hydrogen (secondary N) is 2. The maximum absolute atomic E-state index is 11.7. The van der Waals surface area contributed by atoms with Gasteiger partial charge in [0.25, 0.3) is 0 Å². The number of benzene rings is 1. The molecule has 2 aromatic rings. The fourth-order valence-electron chi connectivity index (χ4n) is 2.11. The average molecular weight is 377 g/mol. The molecule has 0 fully saturated rings. The molecule has 3 N–H and O–H groups in total. The number of carboxylic acids is 1. The Kier molecular flexibility index (Phi) is 7.10. The first-order valence-corrected chi connectivity index (χ1v) is 8.74. The molecule has 8 nitrogen and oxygen atoms in total. The number of carbonyl (C=O) groups is 3. The highest BCUT2D eigenvalue weighted by Gasteiger charge is 2.12. The van der Waals surface area contributed by atoms with Crippen molar-refractivity contribution in [3.63, 3.8) is 0 Å². The first kappa shape index (κ1) is 19.4. The van der Waals surface area contributed by atoms with Crippen LogP contribution < -0.4 is 10.6 Å². The third-order valence-corrected chi connectivity index (χ3v) is 4.27. The molecule has 0 aliphatic carbocycles. The van der Waals surface area contributed by atoms with Gasteiger partial charge in [0.05, 0.1) is 7.11 Å². The molecule has 0 saturated carbocycles. The Hall–Kier alpha value is -2.94. The van der Waals surface area contributed by atoms with E-state index in [0.29, 0.717) is 24.5 Å². The Morgan fingerprint density at radius 1 is 1.27 bits per heavy atom. The zero-order valence-electron chi connectivity index (χ0n) is 14.2. The van der Waals surface area contributed by atoms with Crippen molar-refractivity contribution in [2.45, 2.75) is 19.4 Å². The third kappa shape index (κ3) is 5.85. The van der Waals surface area contributed by atoms with Gasteiger partial charge in [0.15, 0.2) is 5.69 Å². The molecule has 138 valence electrons. The monoisotopic (exact) mass is 377 g/mol. The number of aliphatic carboxylic acids is 1. The Labute approximate surface area is 154 Å². The predicted molar refractivity (Wildman–Crippen MR) is 96.0 cm³/mol. The summed E-state index contributed by atoms with van der Waals surface area (Å²) in [5.74, 6) is -1.37. The summed E-state index contributed by atoms with van der Waals surface area (Å²) in [5.41, 5.74) is 1.97. The molecule has 2 rings (SSSR count). The number of urea groups is 1. The van der Waals surface area contributed by atoms with Gasteiger partial charge in [0.1, 0.15) is 5.01 Å². The van der Waals surface area contributed by atoms with E-state index in [1.165, 1.54) is 18.4 Å². The summed E-state index contributed by atoms with van der Waals surface area (Å²) in [7, 11) is 1.31. The molecule has 0 unspecified atom stereocenters. The van der Waals surface area contributed by atoms with Crippen molar-refractivity contribution >= 4 is 29.3 Å². The lowest BCUT2D eigenvalue weighted by Crippen LogP contribution is -2.35. The number of methoxy groups -OCH3 is 1. The lowest BCUT2D eigenvalue weighted by molar-refractivity contribution is -0.137. The summed E-state index contributed by atoms with van der Waals surface area (Å²) < 4.78 is 4.65. The minimum Gasteiger partial charge on any atom is -0.481 e. The van der Waals surface area contributed by atoms with E-state index in [2.05, 4.69) is 20.4 Å². The van der Waals surface area contributed by atoms with Gasteiger partial charge in [-0.2, -0.15) is 0 Å². The smallest absolute Gasteiger partial charge is 0.357 e. The van der Waals surface area contributed by atoms with Crippen molar-refractivity contribution in [1.29, 1.82) is 0 Å². The summed E-state index contributed by atoms with van der Waals surface area (Å²) >= 11 is 1.34. The van der Waals surface area contributed by atoms with Crippen LogP contribution in [0.4, 0.5) is 4.79 Å². The van der Waals surface area contributed by atoms with Crippen LogP contribution in [0.1, 0.15) is 28.9 Å². The molecular formula is C17H19N3O5S. The Balaban J connectivity index is 1.89. The van der Waals surface area contributed by atoms with Crippen LogP contribution >= 0.6 is 11.3 Å². The van der Waals surface area contributed by atoms with Crippen molar-refractivity contribution in [1.82, 2.24) is 15.6 Å². The molecule has 0 aliphatic rings. The largest absolute Gasteiger partial charge is 0.481 e. The van der Waals surface area contributed by atoms with E-state index in [0.717, 1.165) is 11.1 Å². The van der Waals surface area contributed by atoms with Crippen molar-refractivity contribution in [3.05, 3.63) is 40.9 Å². The van der Waals surface area contributed by atoms with E-state index < -0.39 is 11.9 Å². The number of rotatable bonds is 8. The number of amides is 2. The quantitative estimate of drug-likeness (QED) is 0.480. The molecule has 0 bridgehead atoms. The highest BCUT2D eigenvalue weighted by molar-refractivity contribution is 7.13. The van der Waals surface area contributed by atoms with Crippen LogP contribution in [0.3, 0.4) is 0 Å². The average Bonchev–Trinajstić information content (AvgIpc) is 3.13. The van der Waals surface area contributed by atoms with Gasteiger partial charge in [0, 0.05) is 30.5 Å². The van der Waals surface area contributed by atoms with E-state index in [9.17, 15) is 14.4 Å². The lowest BCUT2D eigenvalue weighted by atomic mass is 10.1. The van der Waals surface area contributed by atoms with Gasteiger partial charge in [-0.05, 0) is 18.1 Å². The summed E-state index contributed by atoms with van der Waals surface area (Å²) in [5, 5.41) is 16.2. The van der Waals surface area contributed by atoms with Crippen LogP contribution in [0.25, 0.3) is 10.6 Å². The third-order valence-electron chi connectivity index (χ3n) is 3.38. The number of nitrogens with zero attached hydrogens (tertiary/aromatic N) is 1.